The number of aryl methyl sites for hydroxylation is 1. The van der Waals surface area contributed by atoms with Crippen LogP contribution in [-0.4, -0.2) is 33.1 Å². The largest absolute Gasteiger partial charge is 0.444 e. The molecule has 1 aliphatic carbocycles. The number of hydrogen-bond acceptors (Lipinski definition) is 4. The Morgan fingerprint density at radius 3 is 2.68 bits per heavy atom. The normalized spacial score (nSPS) is 17.5. The molecule has 1 aromatic carbocycles. The number of fused-ring (bicyclic) bond motifs is 1. The van der Waals surface area contributed by atoms with Crippen molar-refractivity contribution in [1.82, 2.24) is 14.9 Å². The molecule has 4 rings (SSSR count). The molecule has 0 radical (unpaired) electrons. The summed E-state index contributed by atoms with van der Waals surface area (Å²) < 4.78 is 5.51. The Labute approximate surface area is 183 Å². The van der Waals surface area contributed by atoms with E-state index in [4.69, 9.17) is 9.72 Å². The van der Waals surface area contributed by atoms with E-state index < -0.39 is 5.60 Å². The number of hydrogen-bond donors (Lipinski definition) is 1. The number of nitrogens with zero attached hydrogens (tertiary/aromatic N) is 2. The predicted octanol–water partition coefficient (Wildman–Crippen LogP) is 4.57. The summed E-state index contributed by atoms with van der Waals surface area (Å²) in [4.78, 5) is 35.2. The highest BCUT2D eigenvalue weighted by molar-refractivity contribution is 5.68. The van der Waals surface area contributed by atoms with Crippen molar-refractivity contribution in [1.29, 1.82) is 0 Å². The van der Waals surface area contributed by atoms with Crippen molar-refractivity contribution in [2.75, 3.05) is 6.54 Å². The lowest BCUT2D eigenvalue weighted by Gasteiger charge is -2.26. The van der Waals surface area contributed by atoms with E-state index in [1.807, 2.05) is 33.8 Å². The number of H-pyrrole nitrogens is 1. The Balaban J connectivity index is 1.66. The Morgan fingerprint density at radius 2 is 2.03 bits per heavy atom. The molecule has 1 amide bonds. The van der Waals surface area contributed by atoms with Crippen LogP contribution in [0.5, 0.6) is 0 Å². The van der Waals surface area contributed by atoms with E-state index in [0.717, 1.165) is 41.9 Å². The third kappa shape index (κ3) is 4.29. The molecule has 1 fully saturated rings. The zero-order chi connectivity index (χ0) is 22.4. The van der Waals surface area contributed by atoms with Crippen LogP contribution in [0.2, 0.25) is 0 Å². The molecule has 0 spiro atoms. The van der Waals surface area contributed by atoms with Crippen molar-refractivity contribution in [3.63, 3.8) is 0 Å². The number of carbonyl (C=O) groups is 1. The van der Waals surface area contributed by atoms with E-state index in [1.54, 1.807) is 4.90 Å². The monoisotopic (exact) mass is 421 g/mol. The number of ether oxygens (including phenoxy) is 1. The number of benzene rings is 1. The molecule has 6 heteroatoms. The highest BCUT2D eigenvalue weighted by atomic mass is 16.6. The molecule has 0 unspecified atom stereocenters. The minimum atomic E-state index is -0.572. The van der Waals surface area contributed by atoms with Crippen LogP contribution in [0.3, 0.4) is 0 Å². The van der Waals surface area contributed by atoms with Gasteiger partial charge in [0.25, 0.3) is 5.56 Å². The first-order chi connectivity index (χ1) is 14.6. The smallest absolute Gasteiger partial charge is 0.410 e. The second-order valence-electron chi connectivity index (χ2n) is 9.79. The van der Waals surface area contributed by atoms with Gasteiger partial charge in [-0.25, -0.2) is 9.78 Å². The number of allylic oxidation sites excluding steroid dienone is 1. The maximum atomic E-state index is 13.1. The molecule has 0 atom stereocenters. The maximum absolute atomic E-state index is 13.1. The van der Waals surface area contributed by atoms with Gasteiger partial charge in [-0.15, -0.1) is 0 Å². The highest BCUT2D eigenvalue weighted by Gasteiger charge is 2.48. The summed E-state index contributed by atoms with van der Waals surface area (Å²) in [6, 6.07) is 8.36. The van der Waals surface area contributed by atoms with Crippen molar-refractivity contribution in [3.05, 3.63) is 69.4 Å². The van der Waals surface area contributed by atoms with Crippen LogP contribution in [0.4, 0.5) is 4.79 Å². The molecule has 2 aromatic rings. The van der Waals surface area contributed by atoms with E-state index in [-0.39, 0.29) is 23.6 Å². The first kappa shape index (κ1) is 21.3. The van der Waals surface area contributed by atoms with Crippen LogP contribution in [0.1, 0.15) is 75.2 Å². The van der Waals surface area contributed by atoms with Crippen molar-refractivity contribution in [3.8, 4) is 0 Å². The van der Waals surface area contributed by atoms with Crippen molar-refractivity contribution < 1.29 is 9.53 Å². The van der Waals surface area contributed by atoms with Gasteiger partial charge in [-0.2, -0.15) is 0 Å². The Bertz CT molecular complexity index is 1090. The summed E-state index contributed by atoms with van der Waals surface area (Å²) in [6.45, 7) is 12.4. The van der Waals surface area contributed by atoms with E-state index in [1.165, 1.54) is 5.56 Å². The Kier molecular flexibility index (Phi) is 5.28. The van der Waals surface area contributed by atoms with E-state index in [9.17, 15) is 9.59 Å². The van der Waals surface area contributed by atoms with Crippen LogP contribution in [0.25, 0.3) is 5.57 Å². The number of aromatic nitrogens is 2. The number of nitrogens with one attached hydrogen (secondary N) is 1. The fourth-order valence-corrected chi connectivity index (χ4v) is 4.20. The van der Waals surface area contributed by atoms with Crippen molar-refractivity contribution >= 4 is 11.7 Å². The summed E-state index contributed by atoms with van der Waals surface area (Å²) in [7, 11) is 0. The molecule has 1 N–H and O–H groups in total. The molecular formula is C25H31N3O3. The Hall–Kier alpha value is -2.89. The van der Waals surface area contributed by atoms with Gasteiger partial charge in [0.05, 0.1) is 23.2 Å². The molecule has 2 aliphatic rings. The summed E-state index contributed by atoms with van der Waals surface area (Å²) in [5.74, 6) is 0.737. The molecule has 0 bridgehead atoms. The summed E-state index contributed by atoms with van der Waals surface area (Å²) >= 11 is 0. The number of rotatable bonds is 3. The first-order valence-electron chi connectivity index (χ1n) is 11.0. The molecule has 2 heterocycles. The topological polar surface area (TPSA) is 75.3 Å². The molecule has 1 aromatic heterocycles. The third-order valence-corrected chi connectivity index (χ3v) is 6.05. The van der Waals surface area contributed by atoms with Crippen LogP contribution in [0, 0.1) is 0 Å². The quantitative estimate of drug-likeness (QED) is 0.788. The van der Waals surface area contributed by atoms with Gasteiger partial charge in [-0.05, 0) is 64.5 Å². The third-order valence-electron chi connectivity index (χ3n) is 6.05. The van der Waals surface area contributed by atoms with Gasteiger partial charge in [0.2, 0.25) is 0 Å². The number of amides is 1. The standard InChI is InChI=1S/C25H31N3O3/c1-16(2)17-8-6-9-18(14-17)25(11-12-25)22-26-20-10-7-13-28(15-19(20)21(29)27-22)23(30)31-24(3,4)5/h6,8-9,14H,1,7,10-13,15H2,2-5H3,(H,26,27,29). The maximum Gasteiger partial charge on any atom is 0.410 e. The van der Waals surface area contributed by atoms with Crippen LogP contribution < -0.4 is 5.56 Å². The minimum Gasteiger partial charge on any atom is -0.444 e. The summed E-state index contributed by atoms with van der Waals surface area (Å²) in [5.41, 5.74) is 3.69. The second-order valence-corrected chi connectivity index (χ2v) is 9.79. The summed E-state index contributed by atoms with van der Waals surface area (Å²) in [5, 5.41) is 0. The fourth-order valence-electron chi connectivity index (χ4n) is 4.20. The minimum absolute atomic E-state index is 0.155. The van der Waals surface area contributed by atoms with Gasteiger partial charge in [0.15, 0.2) is 0 Å². The van der Waals surface area contributed by atoms with Gasteiger partial charge in [-0.3, -0.25) is 4.79 Å². The SMILES string of the molecule is C=C(C)c1cccc(C2(c3nc4c(c(=O)[nH]3)CN(C(=O)OC(C)(C)C)CCC4)CC2)c1. The molecule has 164 valence electrons. The highest BCUT2D eigenvalue weighted by Crippen LogP contribution is 2.52. The van der Waals surface area contributed by atoms with Gasteiger partial charge in [-0.1, -0.05) is 36.4 Å². The number of aromatic amines is 1. The van der Waals surface area contributed by atoms with Gasteiger partial charge < -0.3 is 14.6 Å². The van der Waals surface area contributed by atoms with E-state index >= 15 is 0 Å². The van der Waals surface area contributed by atoms with Crippen LogP contribution >= 0.6 is 0 Å². The predicted molar refractivity (Wildman–Crippen MR) is 121 cm³/mol. The fraction of sp³-hybridized carbons (Fsp3) is 0.480. The zero-order valence-corrected chi connectivity index (χ0v) is 18.9. The number of carbonyl (C=O) groups excluding carboxylic acids is 1. The lowest BCUT2D eigenvalue weighted by Crippen LogP contribution is -2.37. The average Bonchev–Trinajstić information content (AvgIpc) is 3.51. The van der Waals surface area contributed by atoms with Gasteiger partial charge >= 0.3 is 6.09 Å². The zero-order valence-electron chi connectivity index (χ0n) is 18.9. The van der Waals surface area contributed by atoms with Crippen LogP contribution in [0.15, 0.2) is 35.6 Å². The van der Waals surface area contributed by atoms with Gasteiger partial charge in [0, 0.05) is 6.54 Å². The Morgan fingerprint density at radius 1 is 1.29 bits per heavy atom. The van der Waals surface area contributed by atoms with Crippen LogP contribution in [-0.2, 0) is 23.1 Å². The average molecular weight is 422 g/mol. The molecular weight excluding hydrogens is 390 g/mol. The first-order valence-corrected chi connectivity index (χ1v) is 11.0. The van der Waals surface area contributed by atoms with Crippen molar-refractivity contribution in [2.45, 2.75) is 70.9 Å². The van der Waals surface area contributed by atoms with Gasteiger partial charge in [0.1, 0.15) is 11.4 Å². The van der Waals surface area contributed by atoms with E-state index in [0.29, 0.717) is 18.5 Å². The summed E-state index contributed by atoms with van der Waals surface area (Å²) in [6.07, 6.45) is 2.95. The molecule has 6 nitrogen and oxygen atoms in total. The van der Waals surface area contributed by atoms with E-state index in [2.05, 4.69) is 29.8 Å². The van der Waals surface area contributed by atoms with Crippen molar-refractivity contribution in [2.24, 2.45) is 0 Å². The second kappa shape index (κ2) is 7.66. The lowest BCUT2D eigenvalue weighted by atomic mass is 9.92. The molecule has 31 heavy (non-hydrogen) atoms. The molecule has 1 aliphatic heterocycles. The molecule has 1 saturated carbocycles. The lowest BCUT2D eigenvalue weighted by molar-refractivity contribution is 0.0236. The molecule has 0 saturated heterocycles.